The van der Waals surface area contributed by atoms with E-state index in [1.807, 2.05) is 30.3 Å². The Morgan fingerprint density at radius 3 is 2.17 bits per heavy atom. The molecule has 1 heterocycles. The number of hydrogen-bond acceptors (Lipinski definition) is 4. The molecular weight excluding hydrogens is 486 g/mol. The van der Waals surface area contributed by atoms with Gasteiger partial charge in [0, 0.05) is 18.2 Å². The van der Waals surface area contributed by atoms with Crippen LogP contribution in [0.4, 0.5) is 14.6 Å². The van der Waals surface area contributed by atoms with Gasteiger partial charge in [-0.2, -0.15) is 9.40 Å². The summed E-state index contributed by atoms with van der Waals surface area (Å²) in [6.07, 6.45) is 0.472. The van der Waals surface area contributed by atoms with Crippen molar-refractivity contribution in [1.29, 1.82) is 0 Å². The van der Waals surface area contributed by atoms with Gasteiger partial charge in [-0.25, -0.2) is 21.9 Å². The van der Waals surface area contributed by atoms with Gasteiger partial charge in [0.1, 0.15) is 17.5 Å². The molecule has 0 unspecified atom stereocenters. The third kappa shape index (κ3) is 5.67. The van der Waals surface area contributed by atoms with Crippen LogP contribution in [0.25, 0.3) is 16.9 Å². The Labute approximate surface area is 208 Å². The van der Waals surface area contributed by atoms with Gasteiger partial charge >= 0.3 is 0 Å². The van der Waals surface area contributed by atoms with Crippen LogP contribution >= 0.6 is 0 Å². The zero-order chi connectivity index (χ0) is 25.7. The molecule has 0 radical (unpaired) electrons. The lowest BCUT2D eigenvalue weighted by Crippen LogP contribution is -2.38. The number of carbonyl (C=O) groups excluding carboxylic acids is 1. The maximum atomic E-state index is 13.5. The molecule has 0 aliphatic rings. The second-order valence-electron chi connectivity index (χ2n) is 8.01. The molecular formula is C26H24F2N4O3S. The van der Waals surface area contributed by atoms with Gasteiger partial charge in [-0.15, -0.1) is 0 Å². The largest absolute Gasteiger partial charge is 0.309 e. The van der Waals surface area contributed by atoms with Crippen LogP contribution in [-0.4, -0.2) is 41.5 Å². The van der Waals surface area contributed by atoms with Gasteiger partial charge in [-0.3, -0.25) is 4.79 Å². The van der Waals surface area contributed by atoms with E-state index in [0.717, 1.165) is 22.0 Å². The second-order valence-corrected chi connectivity index (χ2v) is 9.95. The third-order valence-electron chi connectivity index (χ3n) is 5.36. The van der Waals surface area contributed by atoms with Crippen molar-refractivity contribution in [3.8, 4) is 16.9 Å². The van der Waals surface area contributed by atoms with Crippen molar-refractivity contribution in [3.63, 3.8) is 0 Å². The number of sulfonamides is 1. The Kier molecular flexibility index (Phi) is 7.56. The van der Waals surface area contributed by atoms with Crippen LogP contribution in [0.15, 0.2) is 89.8 Å². The Morgan fingerprint density at radius 1 is 0.944 bits per heavy atom. The molecule has 0 saturated heterocycles. The van der Waals surface area contributed by atoms with Crippen LogP contribution < -0.4 is 5.32 Å². The van der Waals surface area contributed by atoms with Gasteiger partial charge in [0.25, 0.3) is 0 Å². The number of amides is 1. The quantitative estimate of drug-likeness (QED) is 0.349. The highest BCUT2D eigenvalue weighted by Crippen LogP contribution is 2.25. The summed E-state index contributed by atoms with van der Waals surface area (Å²) >= 11 is 0. The number of hydrogen-bond donors (Lipinski definition) is 1. The van der Waals surface area contributed by atoms with E-state index in [1.54, 1.807) is 13.0 Å². The van der Waals surface area contributed by atoms with Crippen LogP contribution in [0.1, 0.15) is 13.3 Å². The summed E-state index contributed by atoms with van der Waals surface area (Å²) in [4.78, 5) is 12.9. The second kappa shape index (κ2) is 10.8. The Morgan fingerprint density at radius 2 is 1.56 bits per heavy atom. The number of nitrogens with zero attached hydrogens (tertiary/aromatic N) is 3. The molecule has 0 saturated carbocycles. The van der Waals surface area contributed by atoms with E-state index in [1.165, 1.54) is 41.1 Å². The van der Waals surface area contributed by atoms with E-state index in [2.05, 4.69) is 10.4 Å². The van der Waals surface area contributed by atoms with Crippen LogP contribution in [0.2, 0.25) is 0 Å². The summed E-state index contributed by atoms with van der Waals surface area (Å²) in [7, 11) is -4.03. The van der Waals surface area contributed by atoms with Crippen molar-refractivity contribution in [2.75, 3.05) is 18.4 Å². The highest BCUT2D eigenvalue weighted by Gasteiger charge is 2.26. The Hall–Kier alpha value is -3.89. The molecule has 36 heavy (non-hydrogen) atoms. The average Bonchev–Trinajstić information content (AvgIpc) is 3.28. The number of anilines is 1. The highest BCUT2D eigenvalue weighted by molar-refractivity contribution is 7.89. The molecule has 0 fully saturated rings. The van der Waals surface area contributed by atoms with E-state index in [4.69, 9.17) is 0 Å². The number of carbonyl (C=O) groups is 1. The zero-order valence-electron chi connectivity index (χ0n) is 19.4. The zero-order valence-corrected chi connectivity index (χ0v) is 20.3. The lowest BCUT2D eigenvalue weighted by atomic mass is 10.2. The van der Waals surface area contributed by atoms with Gasteiger partial charge < -0.3 is 5.32 Å². The summed E-state index contributed by atoms with van der Waals surface area (Å²) < 4.78 is 55.5. The van der Waals surface area contributed by atoms with Crippen molar-refractivity contribution >= 4 is 21.7 Å². The molecule has 1 aromatic heterocycles. The fourth-order valence-corrected chi connectivity index (χ4v) is 5.12. The summed E-state index contributed by atoms with van der Waals surface area (Å²) in [6, 6.07) is 21.0. The lowest BCUT2D eigenvalue weighted by molar-refractivity contribution is -0.116. The minimum absolute atomic E-state index is 0.0968. The van der Waals surface area contributed by atoms with Crippen molar-refractivity contribution in [2.24, 2.45) is 0 Å². The molecule has 10 heteroatoms. The number of nitrogens with one attached hydrogen (secondary N) is 1. The summed E-state index contributed by atoms with van der Waals surface area (Å²) in [5.41, 5.74) is 1.89. The Bertz CT molecular complexity index is 1440. The molecule has 1 amide bonds. The van der Waals surface area contributed by atoms with E-state index >= 15 is 0 Å². The van der Waals surface area contributed by atoms with E-state index in [0.29, 0.717) is 23.6 Å². The molecule has 4 rings (SSSR count). The maximum Gasteiger partial charge on any atom is 0.243 e. The van der Waals surface area contributed by atoms with E-state index < -0.39 is 34.1 Å². The molecule has 4 aromatic rings. The monoisotopic (exact) mass is 510 g/mol. The molecule has 1 N–H and O–H groups in total. The first-order chi connectivity index (χ1) is 17.3. The van der Waals surface area contributed by atoms with Gasteiger partial charge in [0.15, 0.2) is 0 Å². The molecule has 3 aromatic carbocycles. The average molecular weight is 511 g/mol. The first kappa shape index (κ1) is 25.2. The number of benzene rings is 3. The molecule has 0 aliphatic heterocycles. The maximum absolute atomic E-state index is 13.5. The minimum Gasteiger partial charge on any atom is -0.309 e. The molecule has 0 bridgehead atoms. The summed E-state index contributed by atoms with van der Waals surface area (Å²) in [5, 5.41) is 7.30. The predicted molar refractivity (Wildman–Crippen MR) is 133 cm³/mol. The fraction of sp³-hybridized carbons (Fsp3) is 0.154. The molecule has 0 aliphatic carbocycles. The normalized spacial score (nSPS) is 11.6. The standard InChI is InChI=1S/C26H24F2N4O3S/c1-2-16-31(36(34,35)23-14-10-21(28)11-15-23)18-26(33)29-25-17-24(19-6-4-3-5-7-19)30-32(25)22-12-8-20(27)9-13-22/h3-15,17H,2,16,18H2,1H3,(H,29,33). The predicted octanol–water partition coefficient (Wildman–Crippen LogP) is 4.86. The Balaban J connectivity index is 1.63. The van der Waals surface area contributed by atoms with Gasteiger partial charge in [-0.1, -0.05) is 37.3 Å². The number of halogens is 2. The minimum atomic E-state index is -4.03. The van der Waals surface area contributed by atoms with Crippen LogP contribution in [0, 0.1) is 11.6 Å². The SMILES string of the molecule is CCCN(CC(=O)Nc1cc(-c2ccccc2)nn1-c1ccc(F)cc1)S(=O)(=O)c1ccc(F)cc1. The molecule has 0 spiro atoms. The van der Waals surface area contributed by atoms with Gasteiger partial charge in [-0.05, 0) is 55.0 Å². The topological polar surface area (TPSA) is 84.3 Å². The molecule has 186 valence electrons. The molecule has 7 nitrogen and oxygen atoms in total. The van der Waals surface area contributed by atoms with Gasteiger partial charge in [0.2, 0.25) is 15.9 Å². The highest BCUT2D eigenvalue weighted by atomic mass is 32.2. The van der Waals surface area contributed by atoms with Crippen molar-refractivity contribution < 1.29 is 22.0 Å². The van der Waals surface area contributed by atoms with Gasteiger partial charge in [0.05, 0.1) is 22.8 Å². The molecule has 0 atom stereocenters. The van der Waals surface area contributed by atoms with Crippen LogP contribution in [0.5, 0.6) is 0 Å². The first-order valence-corrected chi connectivity index (χ1v) is 12.7. The number of aromatic nitrogens is 2. The summed E-state index contributed by atoms with van der Waals surface area (Å²) in [5.74, 6) is -1.27. The van der Waals surface area contributed by atoms with E-state index in [-0.39, 0.29) is 11.4 Å². The van der Waals surface area contributed by atoms with Crippen LogP contribution in [-0.2, 0) is 14.8 Å². The fourth-order valence-electron chi connectivity index (χ4n) is 3.63. The first-order valence-electron chi connectivity index (χ1n) is 11.2. The van der Waals surface area contributed by atoms with Crippen molar-refractivity contribution in [2.45, 2.75) is 18.2 Å². The summed E-state index contributed by atoms with van der Waals surface area (Å²) in [6.45, 7) is 1.43. The van der Waals surface area contributed by atoms with E-state index in [9.17, 15) is 22.0 Å². The smallest absolute Gasteiger partial charge is 0.243 e. The number of rotatable bonds is 9. The third-order valence-corrected chi connectivity index (χ3v) is 7.22. The van der Waals surface area contributed by atoms with Crippen LogP contribution in [0.3, 0.4) is 0 Å². The van der Waals surface area contributed by atoms with Crippen molar-refractivity contribution in [3.05, 3.63) is 96.6 Å². The lowest BCUT2D eigenvalue weighted by Gasteiger charge is -2.21. The van der Waals surface area contributed by atoms with Crippen molar-refractivity contribution in [1.82, 2.24) is 14.1 Å².